The van der Waals surface area contributed by atoms with E-state index in [0.717, 1.165) is 5.56 Å². The van der Waals surface area contributed by atoms with E-state index in [1.165, 1.54) is 6.07 Å². The number of aromatic hydroxyl groups is 1. The lowest BCUT2D eigenvalue weighted by molar-refractivity contribution is 0.0433. The van der Waals surface area contributed by atoms with Crippen LogP contribution in [0.15, 0.2) is 18.2 Å². The zero-order valence-corrected chi connectivity index (χ0v) is 10.4. The number of esters is 1. The van der Waals surface area contributed by atoms with Crippen molar-refractivity contribution in [3.63, 3.8) is 0 Å². The lowest BCUT2D eigenvalue weighted by Gasteiger charge is -2.20. The second-order valence-electron chi connectivity index (χ2n) is 4.88. The average molecular weight is 238 g/mol. The van der Waals surface area contributed by atoms with Crippen molar-refractivity contribution in [2.24, 2.45) is 0 Å². The molecule has 1 rings (SSSR count). The number of hydrogen-bond donors (Lipinski definition) is 2. The lowest BCUT2D eigenvalue weighted by atomic mass is 9.86. The van der Waals surface area contributed by atoms with Crippen LogP contribution in [0.5, 0.6) is 5.75 Å². The molecule has 2 N–H and O–H groups in total. The SMILES string of the molecule is CC(C)(C)c1cc(O)cc(C(=O)OCCO)c1. The van der Waals surface area contributed by atoms with Gasteiger partial charge in [0.15, 0.2) is 0 Å². The molecule has 0 unspecified atom stereocenters. The van der Waals surface area contributed by atoms with Crippen LogP contribution in [0.2, 0.25) is 0 Å². The Kier molecular flexibility index (Phi) is 4.12. The molecule has 0 aliphatic rings. The van der Waals surface area contributed by atoms with Crippen molar-refractivity contribution >= 4 is 5.97 Å². The third-order valence-corrected chi connectivity index (χ3v) is 2.34. The van der Waals surface area contributed by atoms with Crippen LogP contribution in [0.4, 0.5) is 0 Å². The maximum Gasteiger partial charge on any atom is 0.338 e. The Morgan fingerprint density at radius 1 is 1.29 bits per heavy atom. The highest BCUT2D eigenvalue weighted by Gasteiger charge is 2.18. The van der Waals surface area contributed by atoms with E-state index in [1.807, 2.05) is 20.8 Å². The fourth-order valence-corrected chi connectivity index (χ4v) is 1.38. The van der Waals surface area contributed by atoms with Crippen molar-refractivity contribution < 1.29 is 19.7 Å². The Hall–Kier alpha value is -1.55. The molecule has 0 fully saturated rings. The number of phenols is 1. The fraction of sp³-hybridized carbons (Fsp3) is 0.462. The van der Waals surface area contributed by atoms with E-state index >= 15 is 0 Å². The normalized spacial score (nSPS) is 11.3. The van der Waals surface area contributed by atoms with Crippen LogP contribution in [-0.2, 0) is 10.2 Å². The van der Waals surface area contributed by atoms with Crippen molar-refractivity contribution in [3.8, 4) is 5.75 Å². The molecule has 0 atom stereocenters. The van der Waals surface area contributed by atoms with Crippen molar-refractivity contribution in [1.82, 2.24) is 0 Å². The molecule has 0 heterocycles. The Bertz CT molecular complexity index is 404. The van der Waals surface area contributed by atoms with E-state index in [0.29, 0.717) is 5.56 Å². The lowest BCUT2D eigenvalue weighted by Crippen LogP contribution is -2.14. The van der Waals surface area contributed by atoms with E-state index in [1.54, 1.807) is 12.1 Å². The molecular formula is C13H18O4. The van der Waals surface area contributed by atoms with Gasteiger partial charge < -0.3 is 14.9 Å². The smallest absolute Gasteiger partial charge is 0.338 e. The number of benzene rings is 1. The van der Waals surface area contributed by atoms with Gasteiger partial charge in [0.25, 0.3) is 0 Å². The second kappa shape index (κ2) is 5.19. The van der Waals surface area contributed by atoms with Gasteiger partial charge in [0.1, 0.15) is 12.4 Å². The number of carbonyl (C=O) groups excluding carboxylic acids is 1. The molecule has 94 valence electrons. The van der Waals surface area contributed by atoms with Crippen LogP contribution >= 0.6 is 0 Å². The Morgan fingerprint density at radius 2 is 1.94 bits per heavy atom. The van der Waals surface area contributed by atoms with Gasteiger partial charge in [-0.3, -0.25) is 0 Å². The first-order valence-corrected chi connectivity index (χ1v) is 5.47. The van der Waals surface area contributed by atoms with Crippen LogP contribution < -0.4 is 0 Å². The van der Waals surface area contributed by atoms with Gasteiger partial charge in [-0.25, -0.2) is 4.79 Å². The summed E-state index contributed by atoms with van der Waals surface area (Å²) in [5, 5.41) is 18.1. The highest BCUT2D eigenvalue weighted by atomic mass is 16.5. The van der Waals surface area contributed by atoms with Gasteiger partial charge >= 0.3 is 5.97 Å². The number of hydrogen-bond acceptors (Lipinski definition) is 4. The van der Waals surface area contributed by atoms with Crippen molar-refractivity contribution in [1.29, 1.82) is 0 Å². The van der Waals surface area contributed by atoms with E-state index in [-0.39, 0.29) is 24.4 Å². The van der Waals surface area contributed by atoms with Crippen molar-refractivity contribution in [2.45, 2.75) is 26.2 Å². The molecule has 0 aliphatic heterocycles. The summed E-state index contributed by atoms with van der Waals surface area (Å²) in [6.07, 6.45) is 0. The minimum atomic E-state index is -0.541. The second-order valence-corrected chi connectivity index (χ2v) is 4.88. The molecule has 0 radical (unpaired) electrons. The Morgan fingerprint density at radius 3 is 2.47 bits per heavy atom. The fourth-order valence-electron chi connectivity index (χ4n) is 1.38. The number of rotatable bonds is 3. The van der Waals surface area contributed by atoms with Crippen LogP contribution in [-0.4, -0.2) is 29.4 Å². The summed E-state index contributed by atoms with van der Waals surface area (Å²) in [6.45, 7) is 5.72. The van der Waals surface area contributed by atoms with Gasteiger partial charge in [-0.2, -0.15) is 0 Å². The summed E-state index contributed by atoms with van der Waals surface area (Å²) in [5.74, 6) is -0.506. The topological polar surface area (TPSA) is 66.8 Å². The van der Waals surface area contributed by atoms with E-state index in [9.17, 15) is 9.90 Å². The maximum absolute atomic E-state index is 11.6. The molecule has 0 aromatic heterocycles. The van der Waals surface area contributed by atoms with Gasteiger partial charge in [0.05, 0.1) is 12.2 Å². The Labute approximate surface area is 101 Å². The summed E-state index contributed by atoms with van der Waals surface area (Å²) < 4.78 is 4.80. The third kappa shape index (κ3) is 3.75. The predicted octanol–water partition coefficient (Wildman–Crippen LogP) is 1.84. The minimum Gasteiger partial charge on any atom is -0.508 e. The molecule has 0 spiro atoms. The number of aliphatic hydroxyl groups excluding tert-OH is 1. The van der Waals surface area contributed by atoms with Crippen molar-refractivity contribution in [3.05, 3.63) is 29.3 Å². The summed E-state index contributed by atoms with van der Waals surface area (Å²) in [5.41, 5.74) is 0.988. The first-order chi connectivity index (χ1) is 7.84. The standard InChI is InChI=1S/C13H18O4/c1-13(2,3)10-6-9(7-11(15)8-10)12(16)17-5-4-14/h6-8,14-15H,4-5H2,1-3H3. The van der Waals surface area contributed by atoms with Crippen molar-refractivity contribution in [2.75, 3.05) is 13.2 Å². The highest BCUT2D eigenvalue weighted by Crippen LogP contribution is 2.27. The molecule has 0 amide bonds. The van der Waals surface area contributed by atoms with E-state index in [4.69, 9.17) is 9.84 Å². The quantitative estimate of drug-likeness (QED) is 0.788. The van der Waals surface area contributed by atoms with Gasteiger partial charge in [0.2, 0.25) is 0 Å². The number of ether oxygens (including phenoxy) is 1. The van der Waals surface area contributed by atoms with Crippen LogP contribution in [0.3, 0.4) is 0 Å². The number of aliphatic hydroxyl groups is 1. The van der Waals surface area contributed by atoms with Crippen LogP contribution in [0, 0.1) is 0 Å². The molecule has 1 aromatic carbocycles. The van der Waals surface area contributed by atoms with Crippen LogP contribution in [0.25, 0.3) is 0 Å². The molecule has 0 saturated carbocycles. The first kappa shape index (κ1) is 13.5. The number of carbonyl (C=O) groups is 1. The summed E-state index contributed by atoms with van der Waals surface area (Å²) in [6, 6.07) is 4.68. The summed E-state index contributed by atoms with van der Waals surface area (Å²) >= 11 is 0. The summed E-state index contributed by atoms with van der Waals surface area (Å²) in [7, 11) is 0. The van der Waals surface area contributed by atoms with Crippen LogP contribution in [0.1, 0.15) is 36.7 Å². The van der Waals surface area contributed by atoms with Gasteiger partial charge in [-0.1, -0.05) is 20.8 Å². The van der Waals surface area contributed by atoms with E-state index < -0.39 is 5.97 Å². The minimum absolute atomic E-state index is 0.0355. The highest BCUT2D eigenvalue weighted by molar-refractivity contribution is 5.90. The monoisotopic (exact) mass is 238 g/mol. The van der Waals surface area contributed by atoms with Gasteiger partial charge in [0, 0.05) is 0 Å². The van der Waals surface area contributed by atoms with E-state index in [2.05, 4.69) is 0 Å². The molecule has 17 heavy (non-hydrogen) atoms. The summed E-state index contributed by atoms with van der Waals surface area (Å²) in [4.78, 5) is 11.6. The molecule has 4 heteroatoms. The zero-order valence-electron chi connectivity index (χ0n) is 10.4. The first-order valence-electron chi connectivity index (χ1n) is 5.47. The molecule has 1 aromatic rings. The Balaban J connectivity index is 3.01. The van der Waals surface area contributed by atoms with Gasteiger partial charge in [-0.05, 0) is 29.2 Å². The molecule has 4 nitrogen and oxygen atoms in total. The average Bonchev–Trinajstić information content (AvgIpc) is 2.23. The predicted molar refractivity (Wildman–Crippen MR) is 64.2 cm³/mol. The third-order valence-electron chi connectivity index (χ3n) is 2.34. The molecule has 0 aliphatic carbocycles. The number of phenolic OH excluding ortho intramolecular Hbond substituents is 1. The maximum atomic E-state index is 11.6. The molecule has 0 bridgehead atoms. The molecule has 0 saturated heterocycles. The largest absolute Gasteiger partial charge is 0.508 e. The zero-order chi connectivity index (χ0) is 13.1. The molecular weight excluding hydrogens is 220 g/mol. The van der Waals surface area contributed by atoms with Gasteiger partial charge in [-0.15, -0.1) is 0 Å².